The van der Waals surface area contributed by atoms with Gasteiger partial charge in [0.25, 0.3) is 5.91 Å². The van der Waals surface area contributed by atoms with Crippen LogP contribution in [-0.2, 0) is 19.6 Å². The van der Waals surface area contributed by atoms with E-state index in [4.69, 9.17) is 0 Å². The van der Waals surface area contributed by atoms with Crippen molar-refractivity contribution in [2.75, 3.05) is 0 Å². The molecule has 0 atom stereocenters. The van der Waals surface area contributed by atoms with Crippen LogP contribution in [0.25, 0.3) is 0 Å². The number of aromatic nitrogens is 1. The normalized spacial score (nSPS) is 10.6. The fourth-order valence-corrected chi connectivity index (χ4v) is 3.49. The van der Waals surface area contributed by atoms with Crippen LogP contribution in [0.5, 0.6) is 0 Å². The van der Waals surface area contributed by atoms with Gasteiger partial charge >= 0.3 is 0 Å². The van der Waals surface area contributed by atoms with Gasteiger partial charge in [-0.1, -0.05) is 78.9 Å². The molecular weight excluding hydrogens is 356 g/mol. The second-order valence-corrected chi connectivity index (χ2v) is 7.13. The summed E-state index contributed by atoms with van der Waals surface area (Å²) in [5.41, 5.74) is 4.20. The van der Waals surface area contributed by atoms with Crippen LogP contribution < -0.4 is 0 Å². The summed E-state index contributed by atoms with van der Waals surface area (Å²) in [4.78, 5) is 15.2. The first-order valence-corrected chi connectivity index (χ1v) is 9.86. The van der Waals surface area contributed by atoms with Gasteiger partial charge in [-0.05, 0) is 35.4 Å². The summed E-state index contributed by atoms with van der Waals surface area (Å²) in [6.07, 6.45) is 2.08. The van der Waals surface area contributed by atoms with E-state index in [0.717, 1.165) is 17.8 Å². The molecule has 0 spiro atoms. The molecule has 0 aliphatic heterocycles. The van der Waals surface area contributed by atoms with E-state index in [0.29, 0.717) is 18.7 Å². The molecule has 0 N–H and O–H groups in total. The highest BCUT2D eigenvalue weighted by Crippen LogP contribution is 2.16. The monoisotopic (exact) mass is 380 g/mol. The van der Waals surface area contributed by atoms with Crippen LogP contribution in [0.1, 0.15) is 27.2 Å². The Bertz CT molecular complexity index is 1040. The molecule has 0 bridgehead atoms. The summed E-state index contributed by atoms with van der Waals surface area (Å²) in [6.45, 7) is 1.93. The molecule has 29 heavy (non-hydrogen) atoms. The number of hydrogen-bond donors (Lipinski definition) is 0. The molecule has 1 amide bonds. The van der Waals surface area contributed by atoms with Gasteiger partial charge in [0, 0.05) is 30.5 Å². The molecule has 1 aromatic heterocycles. The van der Waals surface area contributed by atoms with Crippen LogP contribution in [0.4, 0.5) is 0 Å². The lowest BCUT2D eigenvalue weighted by Gasteiger charge is -2.24. The fraction of sp³-hybridized carbons (Fsp3) is 0.115. The molecule has 0 fully saturated rings. The van der Waals surface area contributed by atoms with Crippen LogP contribution in [0.15, 0.2) is 109 Å². The molecule has 0 saturated heterocycles. The number of amides is 1. The lowest BCUT2D eigenvalue weighted by molar-refractivity contribution is 0.0726. The molecule has 4 aromatic rings. The third kappa shape index (κ3) is 4.82. The number of carbonyl (C=O) groups excluding carboxylic acids is 1. The number of benzene rings is 3. The Morgan fingerprint density at radius 3 is 1.90 bits per heavy atom. The number of carbonyl (C=O) groups is 1. The molecule has 3 nitrogen and oxygen atoms in total. The van der Waals surface area contributed by atoms with E-state index in [9.17, 15) is 4.79 Å². The molecule has 0 unspecified atom stereocenters. The highest BCUT2D eigenvalue weighted by Gasteiger charge is 2.18. The molecule has 3 aromatic carbocycles. The topological polar surface area (TPSA) is 25.2 Å². The Kier molecular flexibility index (Phi) is 5.87. The minimum Gasteiger partial charge on any atom is -0.345 e. The molecule has 0 aliphatic rings. The molecule has 0 aliphatic carbocycles. The van der Waals surface area contributed by atoms with Crippen LogP contribution in [0, 0.1) is 0 Å². The minimum absolute atomic E-state index is 0.0434. The van der Waals surface area contributed by atoms with Crippen molar-refractivity contribution in [3.05, 3.63) is 132 Å². The first-order chi connectivity index (χ1) is 14.3. The average molecular weight is 380 g/mol. The number of nitrogens with zero attached hydrogens (tertiary/aromatic N) is 2. The van der Waals surface area contributed by atoms with Crippen molar-refractivity contribution in [3.63, 3.8) is 0 Å². The molecule has 0 radical (unpaired) electrons. The Morgan fingerprint density at radius 2 is 1.24 bits per heavy atom. The van der Waals surface area contributed by atoms with Gasteiger partial charge in [0.2, 0.25) is 0 Å². The quantitative estimate of drug-likeness (QED) is 0.423. The van der Waals surface area contributed by atoms with Gasteiger partial charge in [-0.3, -0.25) is 4.79 Å². The molecule has 1 heterocycles. The third-order valence-corrected chi connectivity index (χ3v) is 5.00. The second kappa shape index (κ2) is 9.07. The van der Waals surface area contributed by atoms with Crippen LogP contribution >= 0.6 is 0 Å². The predicted octanol–water partition coefficient (Wildman–Crippen LogP) is 5.38. The average Bonchev–Trinajstić information content (AvgIpc) is 3.21. The van der Waals surface area contributed by atoms with Crippen molar-refractivity contribution in [2.24, 2.45) is 0 Å². The molecule has 4 rings (SSSR count). The zero-order valence-corrected chi connectivity index (χ0v) is 16.3. The summed E-state index contributed by atoms with van der Waals surface area (Å²) in [7, 11) is 0. The third-order valence-electron chi connectivity index (χ3n) is 5.00. The highest BCUT2D eigenvalue weighted by molar-refractivity contribution is 5.94. The summed E-state index contributed by atoms with van der Waals surface area (Å²) in [5, 5.41) is 0. The van der Waals surface area contributed by atoms with Gasteiger partial charge in [0.15, 0.2) is 0 Å². The molecular formula is C26H24N2O. The second-order valence-electron chi connectivity index (χ2n) is 7.13. The Morgan fingerprint density at radius 1 is 0.655 bits per heavy atom. The fourth-order valence-electron chi connectivity index (χ4n) is 3.49. The maximum Gasteiger partial charge on any atom is 0.254 e. The summed E-state index contributed by atoms with van der Waals surface area (Å²) >= 11 is 0. The van der Waals surface area contributed by atoms with Gasteiger partial charge < -0.3 is 9.47 Å². The predicted molar refractivity (Wildman–Crippen MR) is 116 cm³/mol. The minimum atomic E-state index is 0.0434. The Balaban J connectivity index is 1.59. The van der Waals surface area contributed by atoms with E-state index in [1.54, 1.807) is 0 Å². The first kappa shape index (κ1) is 18.8. The van der Waals surface area contributed by atoms with Crippen LogP contribution in [0.2, 0.25) is 0 Å². The zero-order valence-electron chi connectivity index (χ0n) is 16.3. The van der Waals surface area contributed by atoms with E-state index in [1.807, 2.05) is 65.6 Å². The molecule has 0 saturated carbocycles. The van der Waals surface area contributed by atoms with Gasteiger partial charge in [-0.25, -0.2) is 0 Å². The van der Waals surface area contributed by atoms with E-state index >= 15 is 0 Å². The van der Waals surface area contributed by atoms with E-state index in [-0.39, 0.29) is 5.91 Å². The van der Waals surface area contributed by atoms with Crippen LogP contribution in [-0.4, -0.2) is 15.4 Å². The van der Waals surface area contributed by atoms with Crippen molar-refractivity contribution in [1.29, 1.82) is 0 Å². The van der Waals surface area contributed by atoms with Gasteiger partial charge in [0.1, 0.15) is 0 Å². The van der Waals surface area contributed by atoms with Crippen molar-refractivity contribution in [3.8, 4) is 0 Å². The maximum absolute atomic E-state index is 13.3. The van der Waals surface area contributed by atoms with E-state index in [1.165, 1.54) is 5.56 Å². The van der Waals surface area contributed by atoms with Gasteiger partial charge in [-0.2, -0.15) is 0 Å². The lowest BCUT2D eigenvalue weighted by atomic mass is 10.1. The summed E-state index contributed by atoms with van der Waals surface area (Å²) in [5.74, 6) is 0.0434. The molecule has 144 valence electrons. The van der Waals surface area contributed by atoms with Crippen molar-refractivity contribution >= 4 is 5.91 Å². The van der Waals surface area contributed by atoms with Crippen LogP contribution in [0.3, 0.4) is 0 Å². The number of hydrogen-bond acceptors (Lipinski definition) is 1. The van der Waals surface area contributed by atoms with Gasteiger partial charge in [-0.15, -0.1) is 0 Å². The largest absolute Gasteiger partial charge is 0.345 e. The van der Waals surface area contributed by atoms with Crippen molar-refractivity contribution in [2.45, 2.75) is 19.6 Å². The van der Waals surface area contributed by atoms with Gasteiger partial charge in [0.05, 0.1) is 6.54 Å². The smallest absolute Gasteiger partial charge is 0.254 e. The maximum atomic E-state index is 13.3. The SMILES string of the molecule is O=C(c1ccccc1)N(Cc1ccccc1)Cc1cccn1Cc1ccccc1. The van der Waals surface area contributed by atoms with E-state index < -0.39 is 0 Å². The zero-order chi connectivity index (χ0) is 19.9. The molecule has 3 heteroatoms. The first-order valence-electron chi connectivity index (χ1n) is 9.86. The Hall–Kier alpha value is -3.59. The summed E-state index contributed by atoms with van der Waals surface area (Å²) in [6, 6.07) is 34.2. The highest BCUT2D eigenvalue weighted by atomic mass is 16.2. The Labute approximate surface area is 171 Å². The number of rotatable bonds is 7. The van der Waals surface area contributed by atoms with Crippen molar-refractivity contribution in [1.82, 2.24) is 9.47 Å². The standard InChI is InChI=1S/C26H24N2O/c29-26(24-15-8-3-9-16-24)28(20-23-13-6-2-7-14-23)21-25-17-10-18-27(25)19-22-11-4-1-5-12-22/h1-18H,19-21H2. The van der Waals surface area contributed by atoms with E-state index in [2.05, 4.69) is 53.2 Å². The summed E-state index contributed by atoms with van der Waals surface area (Å²) < 4.78 is 2.21. The van der Waals surface area contributed by atoms with Crippen molar-refractivity contribution < 1.29 is 4.79 Å². The lowest BCUT2D eigenvalue weighted by Crippen LogP contribution is -2.31.